The van der Waals surface area contributed by atoms with Crippen LogP contribution in [0.15, 0.2) is 18.2 Å². The van der Waals surface area contributed by atoms with Crippen LogP contribution in [0, 0.1) is 0 Å². The Hall–Kier alpha value is -1.01. The molecule has 1 aromatic carbocycles. The van der Waals surface area contributed by atoms with Gasteiger partial charge in [0.05, 0.1) is 6.54 Å². The molecule has 1 unspecified atom stereocenters. The second-order valence-corrected chi connectivity index (χ2v) is 4.83. The molecule has 1 aliphatic heterocycles. The summed E-state index contributed by atoms with van der Waals surface area (Å²) in [6.45, 7) is -0.990. The molecule has 1 aromatic rings. The first-order valence-corrected chi connectivity index (χ1v) is 6.08. The first-order chi connectivity index (χ1) is 8.88. The number of hydrogen-bond acceptors (Lipinski definition) is 2. The lowest BCUT2D eigenvalue weighted by Crippen LogP contribution is -2.42. The van der Waals surface area contributed by atoms with Gasteiger partial charge in [0.25, 0.3) is 0 Å². The number of fused-ring (bicyclic) bond motifs is 1. The molecule has 0 aromatic heterocycles. The number of nitrogens with one attached hydrogen (secondary N) is 1. The number of ether oxygens (including phenoxy) is 1. The summed E-state index contributed by atoms with van der Waals surface area (Å²) in [5.74, 6) is -3.37. The fraction of sp³-hybridized carbons (Fsp3) is 0.500. The highest BCUT2D eigenvalue weighted by molar-refractivity contribution is 6.30. The zero-order valence-corrected chi connectivity index (χ0v) is 10.6. The first kappa shape index (κ1) is 14.4. The highest BCUT2D eigenvalue weighted by Gasteiger charge is 2.40. The smallest absolute Gasteiger partial charge is 0.319 e. The van der Waals surface area contributed by atoms with E-state index in [1.54, 1.807) is 18.2 Å². The third kappa shape index (κ3) is 3.51. The molecular weight excluding hydrogens is 286 g/mol. The molecule has 1 heterocycles. The van der Waals surface area contributed by atoms with Gasteiger partial charge in [-0.2, -0.15) is 8.78 Å². The summed E-state index contributed by atoms with van der Waals surface area (Å²) in [6.07, 6.45) is -3.49. The van der Waals surface area contributed by atoms with Crippen LogP contribution < -0.4 is 10.1 Å². The maximum atomic E-state index is 12.7. The summed E-state index contributed by atoms with van der Waals surface area (Å²) in [7, 11) is 0. The Morgan fingerprint density at radius 1 is 1.42 bits per heavy atom. The molecule has 7 heteroatoms. The standard InChI is InChI=1S/C12H12ClF4NO/c13-8-1-2-10-7(3-8)4-9(19-10)5-18-6-12(16,17)11(14)15/h1-3,9,11,18H,4-6H2. The van der Waals surface area contributed by atoms with E-state index >= 15 is 0 Å². The van der Waals surface area contributed by atoms with Crippen LogP contribution in [0.3, 0.4) is 0 Å². The van der Waals surface area contributed by atoms with E-state index in [9.17, 15) is 17.6 Å². The third-order valence-corrected chi connectivity index (χ3v) is 3.05. The van der Waals surface area contributed by atoms with Gasteiger partial charge in [-0.15, -0.1) is 0 Å². The van der Waals surface area contributed by atoms with Crippen molar-refractivity contribution in [3.63, 3.8) is 0 Å². The van der Waals surface area contributed by atoms with Gasteiger partial charge in [-0.3, -0.25) is 0 Å². The number of hydrogen-bond donors (Lipinski definition) is 1. The van der Waals surface area contributed by atoms with Crippen molar-refractivity contribution in [1.82, 2.24) is 5.32 Å². The van der Waals surface area contributed by atoms with Crippen LogP contribution in [0.1, 0.15) is 5.56 Å². The van der Waals surface area contributed by atoms with Gasteiger partial charge < -0.3 is 10.1 Å². The van der Waals surface area contributed by atoms with Gasteiger partial charge >= 0.3 is 12.3 Å². The van der Waals surface area contributed by atoms with Crippen LogP contribution in [-0.4, -0.2) is 31.5 Å². The van der Waals surface area contributed by atoms with Crippen molar-refractivity contribution in [2.24, 2.45) is 0 Å². The Bertz CT molecular complexity index is 455. The van der Waals surface area contributed by atoms with Crippen molar-refractivity contribution >= 4 is 11.6 Å². The molecule has 2 rings (SSSR count). The average Bonchev–Trinajstić information content (AvgIpc) is 2.70. The fourth-order valence-electron chi connectivity index (χ4n) is 1.88. The van der Waals surface area contributed by atoms with Crippen molar-refractivity contribution in [1.29, 1.82) is 0 Å². The number of benzene rings is 1. The van der Waals surface area contributed by atoms with Gasteiger partial charge in [-0.1, -0.05) is 11.6 Å². The molecular formula is C12H12ClF4NO. The van der Waals surface area contributed by atoms with Crippen molar-refractivity contribution in [3.8, 4) is 5.75 Å². The molecule has 106 valence electrons. The van der Waals surface area contributed by atoms with Gasteiger partial charge in [-0.25, -0.2) is 8.78 Å². The Morgan fingerprint density at radius 2 is 2.16 bits per heavy atom. The molecule has 0 bridgehead atoms. The van der Waals surface area contributed by atoms with Gasteiger partial charge in [0.1, 0.15) is 11.9 Å². The molecule has 1 N–H and O–H groups in total. The Kier molecular flexibility index (Phi) is 4.20. The largest absolute Gasteiger partial charge is 0.488 e. The van der Waals surface area contributed by atoms with Crippen LogP contribution in [-0.2, 0) is 6.42 Å². The zero-order chi connectivity index (χ0) is 14.0. The predicted octanol–water partition coefficient (Wildman–Crippen LogP) is 3.13. The molecule has 0 radical (unpaired) electrons. The maximum Gasteiger partial charge on any atom is 0.319 e. The van der Waals surface area contributed by atoms with Gasteiger partial charge in [0, 0.05) is 18.0 Å². The van der Waals surface area contributed by atoms with Gasteiger partial charge in [0.15, 0.2) is 0 Å². The van der Waals surface area contributed by atoms with E-state index in [4.69, 9.17) is 16.3 Å². The quantitative estimate of drug-likeness (QED) is 0.843. The average molecular weight is 298 g/mol. The Labute approximate surface area is 112 Å². The normalized spacial score (nSPS) is 18.5. The van der Waals surface area contributed by atoms with E-state index in [0.29, 0.717) is 17.2 Å². The minimum absolute atomic E-state index is 0.0780. The zero-order valence-electron chi connectivity index (χ0n) is 9.81. The van der Waals surface area contributed by atoms with E-state index in [0.717, 1.165) is 5.56 Å². The third-order valence-electron chi connectivity index (χ3n) is 2.82. The minimum atomic E-state index is -4.02. The summed E-state index contributed by atoms with van der Waals surface area (Å²) in [5.41, 5.74) is 0.889. The van der Waals surface area contributed by atoms with Crippen LogP contribution in [0.25, 0.3) is 0 Å². The SMILES string of the molecule is FC(F)C(F)(F)CNCC1Cc2cc(Cl)ccc2O1. The first-order valence-electron chi connectivity index (χ1n) is 5.70. The Balaban J connectivity index is 1.81. The van der Waals surface area contributed by atoms with Gasteiger partial charge in [-0.05, 0) is 23.8 Å². The summed E-state index contributed by atoms with van der Waals surface area (Å²) in [5, 5.41) is 2.88. The minimum Gasteiger partial charge on any atom is -0.488 e. The van der Waals surface area contributed by atoms with Crippen molar-refractivity contribution in [3.05, 3.63) is 28.8 Å². The van der Waals surface area contributed by atoms with Gasteiger partial charge in [0.2, 0.25) is 0 Å². The summed E-state index contributed by atoms with van der Waals surface area (Å²) < 4.78 is 54.7. The van der Waals surface area contributed by atoms with Crippen LogP contribution in [0.2, 0.25) is 5.02 Å². The van der Waals surface area contributed by atoms with Crippen LogP contribution in [0.4, 0.5) is 17.6 Å². The fourth-order valence-corrected chi connectivity index (χ4v) is 2.07. The highest BCUT2D eigenvalue weighted by atomic mass is 35.5. The van der Waals surface area contributed by atoms with Crippen LogP contribution >= 0.6 is 11.6 Å². The number of alkyl halides is 4. The molecule has 1 aliphatic rings. The summed E-state index contributed by atoms with van der Waals surface area (Å²) in [4.78, 5) is 0. The molecule has 0 saturated carbocycles. The molecule has 0 fully saturated rings. The molecule has 1 atom stereocenters. The lowest BCUT2D eigenvalue weighted by molar-refractivity contribution is -0.125. The molecule has 19 heavy (non-hydrogen) atoms. The number of halogens is 5. The van der Waals surface area contributed by atoms with E-state index in [1.165, 1.54) is 0 Å². The van der Waals surface area contributed by atoms with Crippen LogP contribution in [0.5, 0.6) is 5.75 Å². The molecule has 0 amide bonds. The Morgan fingerprint density at radius 3 is 2.84 bits per heavy atom. The topological polar surface area (TPSA) is 21.3 Å². The molecule has 0 saturated heterocycles. The van der Waals surface area contributed by atoms with Crippen molar-refractivity contribution in [2.75, 3.05) is 13.1 Å². The highest BCUT2D eigenvalue weighted by Crippen LogP contribution is 2.31. The number of rotatable bonds is 5. The lowest BCUT2D eigenvalue weighted by Gasteiger charge is -2.17. The van der Waals surface area contributed by atoms with E-state index in [-0.39, 0.29) is 12.6 Å². The summed E-state index contributed by atoms with van der Waals surface area (Å²) >= 11 is 5.82. The van der Waals surface area contributed by atoms with E-state index in [2.05, 4.69) is 5.32 Å². The molecule has 2 nitrogen and oxygen atoms in total. The van der Waals surface area contributed by atoms with Crippen molar-refractivity contribution < 1.29 is 22.3 Å². The maximum absolute atomic E-state index is 12.7. The lowest BCUT2D eigenvalue weighted by atomic mass is 10.1. The van der Waals surface area contributed by atoms with E-state index in [1.807, 2.05) is 0 Å². The van der Waals surface area contributed by atoms with Crippen molar-refractivity contribution in [2.45, 2.75) is 24.9 Å². The predicted molar refractivity (Wildman–Crippen MR) is 63.4 cm³/mol. The summed E-state index contributed by atoms with van der Waals surface area (Å²) in [6, 6.07) is 5.11. The van der Waals surface area contributed by atoms with E-state index < -0.39 is 18.9 Å². The second-order valence-electron chi connectivity index (χ2n) is 4.39. The second kappa shape index (κ2) is 5.54. The molecule has 0 spiro atoms. The molecule has 0 aliphatic carbocycles. The monoisotopic (exact) mass is 297 g/mol.